The van der Waals surface area contributed by atoms with E-state index in [2.05, 4.69) is 32.2 Å². The predicted octanol–water partition coefficient (Wildman–Crippen LogP) is 3.64. The van der Waals surface area contributed by atoms with Crippen molar-refractivity contribution in [1.29, 1.82) is 0 Å². The smallest absolute Gasteiger partial charge is 0.176 e. The van der Waals surface area contributed by atoms with Gasteiger partial charge in [0, 0.05) is 5.39 Å². The first-order valence-corrected chi connectivity index (χ1v) is 6.62. The number of fused-ring (bicyclic) bond motifs is 1. The molecule has 0 atom stereocenters. The fourth-order valence-corrected chi connectivity index (χ4v) is 2.00. The molecular formula is C15H21NO2. The van der Waals surface area contributed by atoms with Crippen molar-refractivity contribution in [2.45, 2.75) is 33.7 Å². The summed E-state index contributed by atoms with van der Waals surface area (Å²) in [4.78, 5) is 0. The summed E-state index contributed by atoms with van der Waals surface area (Å²) in [5.74, 6) is 1.85. The van der Waals surface area contributed by atoms with Crippen molar-refractivity contribution < 1.29 is 9.15 Å². The molecule has 1 heterocycles. The lowest BCUT2D eigenvalue weighted by molar-refractivity contribution is 0.315. The summed E-state index contributed by atoms with van der Waals surface area (Å²) < 4.78 is 11.7. The highest BCUT2D eigenvalue weighted by Crippen LogP contribution is 2.32. The molecule has 1 aromatic heterocycles. The molecule has 0 spiro atoms. The van der Waals surface area contributed by atoms with E-state index >= 15 is 0 Å². The number of benzene rings is 1. The number of aryl methyl sites for hydroxylation is 1. The molecule has 1 N–H and O–H groups in total. The summed E-state index contributed by atoms with van der Waals surface area (Å²) in [7, 11) is 0. The van der Waals surface area contributed by atoms with Crippen LogP contribution < -0.4 is 10.1 Å². The third-order valence-corrected chi connectivity index (χ3v) is 3.02. The Kier molecular flexibility index (Phi) is 4.26. The van der Waals surface area contributed by atoms with Crippen LogP contribution in [0.25, 0.3) is 11.0 Å². The Morgan fingerprint density at radius 1 is 1.28 bits per heavy atom. The van der Waals surface area contributed by atoms with Crippen LogP contribution in [0.1, 0.15) is 31.6 Å². The molecule has 3 heteroatoms. The lowest BCUT2D eigenvalue weighted by Gasteiger charge is -2.04. The zero-order chi connectivity index (χ0) is 13.0. The molecule has 0 unspecified atom stereocenters. The molecule has 3 nitrogen and oxygen atoms in total. The molecular weight excluding hydrogens is 226 g/mol. The van der Waals surface area contributed by atoms with E-state index in [-0.39, 0.29) is 0 Å². The van der Waals surface area contributed by atoms with Crippen molar-refractivity contribution in [2.75, 3.05) is 13.2 Å². The molecule has 0 saturated carbocycles. The normalized spacial score (nSPS) is 11.1. The Morgan fingerprint density at radius 3 is 2.83 bits per heavy atom. The van der Waals surface area contributed by atoms with Gasteiger partial charge in [-0.15, -0.1) is 0 Å². The Labute approximate surface area is 108 Å². The Bertz CT molecular complexity index is 516. The molecule has 0 aliphatic heterocycles. The largest absolute Gasteiger partial charge is 0.490 e. The summed E-state index contributed by atoms with van der Waals surface area (Å²) in [6.07, 6.45) is 1.00. The van der Waals surface area contributed by atoms with Gasteiger partial charge in [-0.25, -0.2) is 0 Å². The predicted molar refractivity (Wildman–Crippen MR) is 74.1 cm³/mol. The van der Waals surface area contributed by atoms with Crippen LogP contribution in [-0.4, -0.2) is 13.2 Å². The van der Waals surface area contributed by atoms with E-state index in [0.29, 0.717) is 0 Å². The molecule has 0 radical (unpaired) electrons. The number of furan rings is 1. The van der Waals surface area contributed by atoms with Crippen molar-refractivity contribution in [1.82, 2.24) is 5.32 Å². The van der Waals surface area contributed by atoms with Crippen molar-refractivity contribution in [3.05, 3.63) is 29.5 Å². The fraction of sp³-hybridized carbons (Fsp3) is 0.467. The lowest BCUT2D eigenvalue weighted by Crippen LogP contribution is -2.11. The number of rotatable bonds is 6. The summed E-state index contributed by atoms with van der Waals surface area (Å²) in [5.41, 5.74) is 2.07. The molecule has 0 bridgehead atoms. The minimum absolute atomic E-state index is 0.724. The molecule has 2 aromatic rings. The van der Waals surface area contributed by atoms with Gasteiger partial charge < -0.3 is 14.5 Å². The van der Waals surface area contributed by atoms with Crippen molar-refractivity contribution in [2.24, 2.45) is 0 Å². The van der Waals surface area contributed by atoms with Gasteiger partial charge in [-0.2, -0.15) is 0 Å². The van der Waals surface area contributed by atoms with Gasteiger partial charge in [0.15, 0.2) is 11.3 Å². The van der Waals surface area contributed by atoms with Crippen LogP contribution in [0.5, 0.6) is 5.75 Å². The van der Waals surface area contributed by atoms with Gasteiger partial charge in [0.2, 0.25) is 0 Å². The standard InChI is InChI=1S/C15H21NO2/c1-4-9-17-13-8-6-7-12-11(3)14(10-16-5-2)18-15(12)13/h6-8,16H,4-5,9-10H2,1-3H3. The zero-order valence-electron chi connectivity index (χ0n) is 11.4. The number of hydrogen-bond donors (Lipinski definition) is 1. The van der Waals surface area contributed by atoms with Crippen molar-refractivity contribution >= 4 is 11.0 Å². The minimum atomic E-state index is 0.724. The van der Waals surface area contributed by atoms with Gasteiger partial charge in [-0.05, 0) is 31.5 Å². The first-order valence-electron chi connectivity index (χ1n) is 6.62. The van der Waals surface area contributed by atoms with Crippen molar-refractivity contribution in [3.8, 4) is 5.75 Å². The average molecular weight is 247 g/mol. The van der Waals surface area contributed by atoms with E-state index < -0.39 is 0 Å². The van der Waals surface area contributed by atoms with Gasteiger partial charge in [0.05, 0.1) is 13.2 Å². The quantitative estimate of drug-likeness (QED) is 0.846. The number of nitrogens with one attached hydrogen (secondary N) is 1. The maximum Gasteiger partial charge on any atom is 0.176 e. The number of para-hydroxylation sites is 1. The molecule has 1 aromatic carbocycles. The monoisotopic (exact) mass is 247 g/mol. The molecule has 0 aliphatic rings. The summed E-state index contributed by atoms with van der Waals surface area (Å²) in [5, 5.41) is 4.44. The Balaban J connectivity index is 2.36. The maximum atomic E-state index is 5.94. The molecule has 0 fully saturated rings. The first-order chi connectivity index (χ1) is 8.77. The van der Waals surface area contributed by atoms with Gasteiger partial charge in [0.1, 0.15) is 5.76 Å². The Hall–Kier alpha value is -1.48. The van der Waals surface area contributed by atoms with Crippen LogP contribution in [0.2, 0.25) is 0 Å². The topological polar surface area (TPSA) is 34.4 Å². The number of ether oxygens (including phenoxy) is 1. The molecule has 2 rings (SSSR count). The highest BCUT2D eigenvalue weighted by molar-refractivity contribution is 5.87. The van der Waals surface area contributed by atoms with Crippen LogP contribution >= 0.6 is 0 Å². The van der Waals surface area contributed by atoms with E-state index in [1.165, 1.54) is 5.56 Å². The maximum absolute atomic E-state index is 5.94. The van der Waals surface area contributed by atoms with Gasteiger partial charge in [-0.3, -0.25) is 0 Å². The van der Waals surface area contributed by atoms with E-state index in [1.54, 1.807) is 0 Å². The first kappa shape index (κ1) is 13.0. The summed E-state index contributed by atoms with van der Waals surface area (Å²) in [6, 6.07) is 6.08. The highest BCUT2D eigenvalue weighted by atomic mass is 16.5. The molecule has 0 aliphatic carbocycles. The van der Waals surface area contributed by atoms with E-state index in [9.17, 15) is 0 Å². The van der Waals surface area contributed by atoms with Crippen LogP contribution in [0.15, 0.2) is 22.6 Å². The van der Waals surface area contributed by atoms with Crippen LogP contribution in [-0.2, 0) is 6.54 Å². The van der Waals surface area contributed by atoms with Crippen LogP contribution in [0.4, 0.5) is 0 Å². The molecule has 98 valence electrons. The van der Waals surface area contributed by atoms with Gasteiger partial charge in [-0.1, -0.05) is 26.0 Å². The van der Waals surface area contributed by atoms with E-state index in [1.807, 2.05) is 12.1 Å². The Morgan fingerprint density at radius 2 is 2.11 bits per heavy atom. The molecule has 0 amide bonds. The number of hydrogen-bond acceptors (Lipinski definition) is 3. The average Bonchev–Trinajstić information content (AvgIpc) is 2.72. The SMILES string of the molecule is CCCOc1cccc2c(C)c(CNCC)oc12. The molecule has 18 heavy (non-hydrogen) atoms. The second-order valence-electron chi connectivity index (χ2n) is 4.41. The third-order valence-electron chi connectivity index (χ3n) is 3.02. The van der Waals surface area contributed by atoms with Crippen LogP contribution in [0, 0.1) is 6.92 Å². The second kappa shape index (κ2) is 5.91. The second-order valence-corrected chi connectivity index (χ2v) is 4.41. The fourth-order valence-electron chi connectivity index (χ4n) is 2.00. The third kappa shape index (κ3) is 2.51. The minimum Gasteiger partial charge on any atom is -0.490 e. The van der Waals surface area contributed by atoms with Crippen molar-refractivity contribution in [3.63, 3.8) is 0 Å². The van der Waals surface area contributed by atoms with Gasteiger partial charge in [0.25, 0.3) is 0 Å². The summed E-state index contributed by atoms with van der Waals surface area (Å²) in [6.45, 7) is 8.72. The van der Waals surface area contributed by atoms with E-state index in [0.717, 1.165) is 48.6 Å². The van der Waals surface area contributed by atoms with Crippen LogP contribution in [0.3, 0.4) is 0 Å². The summed E-state index contributed by atoms with van der Waals surface area (Å²) >= 11 is 0. The molecule has 0 saturated heterocycles. The van der Waals surface area contributed by atoms with E-state index in [4.69, 9.17) is 9.15 Å². The zero-order valence-corrected chi connectivity index (χ0v) is 11.4. The van der Waals surface area contributed by atoms with Gasteiger partial charge >= 0.3 is 0 Å². The highest BCUT2D eigenvalue weighted by Gasteiger charge is 2.13. The lowest BCUT2D eigenvalue weighted by atomic mass is 10.1.